The fourth-order valence-electron chi connectivity index (χ4n) is 2.27. The minimum absolute atomic E-state index is 0.0421. The molecule has 0 aromatic heterocycles. The second kappa shape index (κ2) is 7.58. The summed E-state index contributed by atoms with van der Waals surface area (Å²) in [5.41, 5.74) is 4.37. The molecule has 0 fully saturated rings. The fraction of sp³-hybridized carbons (Fsp3) is 0.263. The second-order valence-corrected chi connectivity index (χ2v) is 5.56. The lowest BCUT2D eigenvalue weighted by Crippen LogP contribution is -2.13. The average Bonchev–Trinajstić information content (AvgIpc) is 2.55. The number of ether oxygens (including phenoxy) is 1. The number of nitrogens with one attached hydrogen (secondary N) is 1. The van der Waals surface area contributed by atoms with Crippen molar-refractivity contribution in [2.45, 2.75) is 26.7 Å². The van der Waals surface area contributed by atoms with Crippen molar-refractivity contribution in [2.24, 2.45) is 0 Å². The van der Waals surface area contributed by atoms with E-state index in [1.165, 1.54) is 12.7 Å². The first-order valence-electron chi connectivity index (χ1n) is 7.54. The van der Waals surface area contributed by atoms with Crippen molar-refractivity contribution in [2.75, 3.05) is 12.4 Å². The molecule has 0 heterocycles. The van der Waals surface area contributed by atoms with E-state index in [1.54, 1.807) is 18.2 Å². The number of esters is 1. The van der Waals surface area contributed by atoms with Gasteiger partial charge in [-0.05, 0) is 49.6 Å². The molecule has 1 amide bonds. The lowest BCUT2D eigenvalue weighted by molar-refractivity contribution is -0.116. The summed E-state index contributed by atoms with van der Waals surface area (Å²) >= 11 is 0. The Hall–Kier alpha value is -2.62. The number of carbonyl (C=O) groups is 2. The zero-order chi connectivity index (χ0) is 16.8. The van der Waals surface area contributed by atoms with Crippen LogP contribution in [0.15, 0.2) is 42.5 Å². The van der Waals surface area contributed by atoms with Gasteiger partial charge in [-0.2, -0.15) is 0 Å². The third-order valence-electron chi connectivity index (χ3n) is 3.68. The van der Waals surface area contributed by atoms with E-state index in [0.717, 1.165) is 11.1 Å². The maximum absolute atomic E-state index is 12.1. The van der Waals surface area contributed by atoms with Crippen molar-refractivity contribution in [3.05, 3.63) is 64.7 Å². The number of amides is 1. The number of benzene rings is 2. The molecule has 0 atom stereocenters. The molecule has 0 saturated carbocycles. The third kappa shape index (κ3) is 4.68. The van der Waals surface area contributed by atoms with Gasteiger partial charge in [0, 0.05) is 12.1 Å². The molecule has 0 spiro atoms. The molecular formula is C19H21NO3. The lowest BCUT2D eigenvalue weighted by Gasteiger charge is -2.10. The number of carbonyl (C=O) groups excluding carboxylic acids is 2. The molecule has 2 rings (SSSR count). The van der Waals surface area contributed by atoms with Gasteiger partial charge < -0.3 is 10.1 Å². The zero-order valence-electron chi connectivity index (χ0n) is 13.7. The molecule has 0 unspecified atom stereocenters. The van der Waals surface area contributed by atoms with Gasteiger partial charge in [0.05, 0.1) is 12.7 Å². The summed E-state index contributed by atoms with van der Waals surface area (Å²) in [5.74, 6) is -0.426. The van der Waals surface area contributed by atoms with Crippen molar-refractivity contribution >= 4 is 17.6 Å². The average molecular weight is 311 g/mol. The van der Waals surface area contributed by atoms with Crippen LogP contribution in [0.5, 0.6) is 0 Å². The molecule has 1 N–H and O–H groups in total. The van der Waals surface area contributed by atoms with Crippen LogP contribution in [-0.4, -0.2) is 19.0 Å². The monoisotopic (exact) mass is 311 g/mol. The van der Waals surface area contributed by atoms with E-state index in [2.05, 4.69) is 10.1 Å². The van der Waals surface area contributed by atoms with Crippen molar-refractivity contribution in [3.63, 3.8) is 0 Å². The molecule has 0 aliphatic heterocycles. The molecule has 4 nitrogen and oxygen atoms in total. The minimum atomic E-state index is -0.384. The van der Waals surface area contributed by atoms with Crippen LogP contribution >= 0.6 is 0 Å². The number of hydrogen-bond acceptors (Lipinski definition) is 3. The zero-order valence-corrected chi connectivity index (χ0v) is 13.7. The SMILES string of the molecule is COC(=O)c1ccc(NC(=O)CCc2ccc(C)cc2)c(C)c1. The Labute approximate surface area is 136 Å². The summed E-state index contributed by atoms with van der Waals surface area (Å²) in [6.07, 6.45) is 1.12. The predicted octanol–water partition coefficient (Wildman–Crippen LogP) is 3.66. The van der Waals surface area contributed by atoms with Crippen molar-refractivity contribution in [3.8, 4) is 0 Å². The molecule has 0 radical (unpaired) electrons. The number of hydrogen-bond donors (Lipinski definition) is 1. The van der Waals surface area contributed by atoms with Crippen molar-refractivity contribution in [1.82, 2.24) is 0 Å². The van der Waals surface area contributed by atoms with E-state index in [9.17, 15) is 9.59 Å². The molecule has 0 aliphatic carbocycles. The van der Waals surface area contributed by atoms with Crippen LogP contribution in [0.4, 0.5) is 5.69 Å². The lowest BCUT2D eigenvalue weighted by atomic mass is 10.1. The number of methoxy groups -OCH3 is 1. The Kier molecular flexibility index (Phi) is 5.52. The van der Waals surface area contributed by atoms with Crippen molar-refractivity contribution < 1.29 is 14.3 Å². The summed E-state index contributed by atoms with van der Waals surface area (Å²) < 4.78 is 4.68. The summed E-state index contributed by atoms with van der Waals surface area (Å²) in [6, 6.07) is 13.3. The highest BCUT2D eigenvalue weighted by Crippen LogP contribution is 2.17. The van der Waals surface area contributed by atoms with Gasteiger partial charge in [-0.3, -0.25) is 4.79 Å². The highest BCUT2D eigenvalue weighted by Gasteiger charge is 2.09. The van der Waals surface area contributed by atoms with E-state index in [-0.39, 0.29) is 11.9 Å². The van der Waals surface area contributed by atoms with Gasteiger partial charge in [0.1, 0.15) is 0 Å². The second-order valence-electron chi connectivity index (χ2n) is 5.56. The van der Waals surface area contributed by atoms with E-state index < -0.39 is 0 Å². The highest BCUT2D eigenvalue weighted by molar-refractivity contribution is 5.94. The van der Waals surface area contributed by atoms with Gasteiger partial charge in [0.25, 0.3) is 0 Å². The standard InChI is InChI=1S/C19H21NO3/c1-13-4-6-15(7-5-13)8-11-18(21)20-17-10-9-16(12-14(17)2)19(22)23-3/h4-7,9-10,12H,8,11H2,1-3H3,(H,20,21). The van der Waals surface area contributed by atoms with E-state index >= 15 is 0 Å². The highest BCUT2D eigenvalue weighted by atomic mass is 16.5. The molecule has 4 heteroatoms. The molecule has 2 aromatic carbocycles. The van der Waals surface area contributed by atoms with Crippen LogP contribution in [0, 0.1) is 13.8 Å². The normalized spacial score (nSPS) is 10.2. The van der Waals surface area contributed by atoms with Crippen LogP contribution in [0.1, 0.15) is 33.5 Å². The Bertz CT molecular complexity index is 705. The van der Waals surface area contributed by atoms with Gasteiger partial charge in [0.15, 0.2) is 0 Å². The third-order valence-corrected chi connectivity index (χ3v) is 3.68. The quantitative estimate of drug-likeness (QED) is 0.857. The Balaban J connectivity index is 1.94. The minimum Gasteiger partial charge on any atom is -0.465 e. The molecule has 120 valence electrons. The van der Waals surface area contributed by atoms with Gasteiger partial charge in [-0.15, -0.1) is 0 Å². The maximum atomic E-state index is 12.1. The molecule has 2 aromatic rings. The summed E-state index contributed by atoms with van der Waals surface area (Å²) in [6.45, 7) is 3.89. The van der Waals surface area contributed by atoms with E-state index in [1.807, 2.05) is 38.1 Å². The first kappa shape index (κ1) is 16.7. The maximum Gasteiger partial charge on any atom is 0.337 e. The van der Waals surface area contributed by atoms with E-state index in [0.29, 0.717) is 24.1 Å². The Morgan fingerprint density at radius 2 is 1.74 bits per heavy atom. The molecule has 0 aliphatic rings. The smallest absolute Gasteiger partial charge is 0.337 e. The number of rotatable bonds is 5. The van der Waals surface area contributed by atoms with Crippen LogP contribution < -0.4 is 5.32 Å². The Morgan fingerprint density at radius 3 is 2.35 bits per heavy atom. The van der Waals surface area contributed by atoms with Gasteiger partial charge >= 0.3 is 5.97 Å². The van der Waals surface area contributed by atoms with Gasteiger partial charge in [-0.1, -0.05) is 29.8 Å². The van der Waals surface area contributed by atoms with Crippen LogP contribution in [0.2, 0.25) is 0 Å². The van der Waals surface area contributed by atoms with Crippen LogP contribution in [0.25, 0.3) is 0 Å². The topological polar surface area (TPSA) is 55.4 Å². The first-order valence-corrected chi connectivity index (χ1v) is 7.54. The largest absolute Gasteiger partial charge is 0.465 e. The molecule has 0 bridgehead atoms. The van der Waals surface area contributed by atoms with E-state index in [4.69, 9.17) is 0 Å². The molecule has 0 saturated heterocycles. The summed E-state index contributed by atoms with van der Waals surface area (Å²) in [5, 5.41) is 2.88. The number of anilines is 1. The summed E-state index contributed by atoms with van der Waals surface area (Å²) in [7, 11) is 1.35. The van der Waals surface area contributed by atoms with Gasteiger partial charge in [-0.25, -0.2) is 4.79 Å². The first-order chi connectivity index (χ1) is 11.0. The molecule has 23 heavy (non-hydrogen) atoms. The van der Waals surface area contributed by atoms with Gasteiger partial charge in [0.2, 0.25) is 5.91 Å². The van der Waals surface area contributed by atoms with Crippen LogP contribution in [0.3, 0.4) is 0 Å². The van der Waals surface area contributed by atoms with Crippen LogP contribution in [-0.2, 0) is 16.0 Å². The number of aryl methyl sites for hydroxylation is 3. The predicted molar refractivity (Wildman–Crippen MR) is 90.6 cm³/mol. The fourth-order valence-corrected chi connectivity index (χ4v) is 2.27. The summed E-state index contributed by atoms with van der Waals surface area (Å²) in [4.78, 5) is 23.6. The Morgan fingerprint density at radius 1 is 1.04 bits per heavy atom. The molecular weight excluding hydrogens is 290 g/mol. The van der Waals surface area contributed by atoms with Crippen molar-refractivity contribution in [1.29, 1.82) is 0 Å².